The van der Waals surface area contributed by atoms with Crippen LogP contribution in [0.25, 0.3) is 6.08 Å². The Bertz CT molecular complexity index is 1470. The van der Waals surface area contributed by atoms with E-state index in [0.29, 0.717) is 18.6 Å². The van der Waals surface area contributed by atoms with Crippen molar-refractivity contribution in [3.05, 3.63) is 102 Å². The van der Waals surface area contributed by atoms with Crippen LogP contribution in [0.15, 0.2) is 83.7 Å². The molecule has 2 aliphatic carbocycles. The number of aliphatic hydroxyl groups is 1. The summed E-state index contributed by atoms with van der Waals surface area (Å²) in [6.45, 7) is 1.64. The van der Waals surface area contributed by atoms with Crippen LogP contribution in [0, 0.1) is 0 Å². The topological polar surface area (TPSA) is 86.4 Å². The summed E-state index contributed by atoms with van der Waals surface area (Å²) >= 11 is 0. The van der Waals surface area contributed by atoms with Gasteiger partial charge in [0.1, 0.15) is 11.7 Å². The van der Waals surface area contributed by atoms with E-state index in [1.165, 1.54) is 11.6 Å². The first-order chi connectivity index (χ1) is 18.9. The third kappa shape index (κ3) is 3.46. The van der Waals surface area contributed by atoms with Crippen LogP contribution in [0.5, 0.6) is 11.5 Å². The molecule has 200 valence electrons. The van der Waals surface area contributed by atoms with Gasteiger partial charge in [-0.3, -0.25) is 9.69 Å². The van der Waals surface area contributed by atoms with Crippen LogP contribution in [0.4, 0.5) is 0 Å². The van der Waals surface area contributed by atoms with Crippen molar-refractivity contribution < 1.29 is 24.2 Å². The molecule has 7 nitrogen and oxygen atoms in total. The highest BCUT2D eigenvalue weighted by atomic mass is 16.5. The molecule has 7 heteroatoms. The third-order valence-electron chi connectivity index (χ3n) is 9.41. The summed E-state index contributed by atoms with van der Waals surface area (Å²) in [5.74, 6) is 0.359. The van der Waals surface area contributed by atoms with Crippen molar-refractivity contribution in [2.45, 2.75) is 48.5 Å². The number of likely N-dealkylation sites (tertiary alicyclic amines) is 1. The van der Waals surface area contributed by atoms with Gasteiger partial charge in [-0.15, -0.1) is 0 Å². The minimum Gasteiger partial charge on any atom is -0.504 e. The van der Waals surface area contributed by atoms with E-state index in [2.05, 4.69) is 29.2 Å². The van der Waals surface area contributed by atoms with Gasteiger partial charge in [-0.2, -0.15) is 0 Å². The van der Waals surface area contributed by atoms with Crippen molar-refractivity contribution in [2.24, 2.45) is 0 Å². The number of ether oxygens (including phenoxy) is 1. The molecule has 0 saturated carbocycles. The fourth-order valence-corrected chi connectivity index (χ4v) is 7.49. The zero-order valence-electron chi connectivity index (χ0n) is 21.9. The first-order valence-corrected chi connectivity index (χ1v) is 13.6. The van der Waals surface area contributed by atoms with E-state index < -0.39 is 23.2 Å². The normalized spacial score (nSPS) is 30.3. The first kappa shape index (κ1) is 24.2. The number of amides is 1. The van der Waals surface area contributed by atoms with Crippen LogP contribution < -0.4 is 4.74 Å². The molecule has 1 aromatic heterocycles. The van der Waals surface area contributed by atoms with E-state index in [1.54, 1.807) is 42.7 Å². The second-order valence-electron chi connectivity index (χ2n) is 11.2. The van der Waals surface area contributed by atoms with Crippen LogP contribution >= 0.6 is 0 Å². The van der Waals surface area contributed by atoms with Crippen LogP contribution in [0.1, 0.15) is 28.7 Å². The Labute approximate surface area is 227 Å². The largest absolute Gasteiger partial charge is 0.504 e. The van der Waals surface area contributed by atoms with E-state index >= 15 is 0 Å². The summed E-state index contributed by atoms with van der Waals surface area (Å²) in [4.78, 5) is 17.3. The Morgan fingerprint density at radius 2 is 2.05 bits per heavy atom. The molecule has 7 rings (SSSR count). The maximum absolute atomic E-state index is 13.3. The number of hydrogen-bond donors (Lipinski definition) is 2. The number of hydrogen-bond acceptors (Lipinski definition) is 6. The number of furan rings is 1. The van der Waals surface area contributed by atoms with Gasteiger partial charge in [0, 0.05) is 36.8 Å². The van der Waals surface area contributed by atoms with Crippen molar-refractivity contribution in [3.8, 4) is 11.5 Å². The van der Waals surface area contributed by atoms with Crippen molar-refractivity contribution >= 4 is 12.0 Å². The van der Waals surface area contributed by atoms with Gasteiger partial charge in [0.15, 0.2) is 11.5 Å². The van der Waals surface area contributed by atoms with Crippen molar-refractivity contribution in [2.75, 3.05) is 20.1 Å². The monoisotopic (exact) mass is 524 g/mol. The summed E-state index contributed by atoms with van der Waals surface area (Å²) < 4.78 is 11.7. The summed E-state index contributed by atoms with van der Waals surface area (Å²) in [5.41, 5.74) is 2.15. The van der Waals surface area contributed by atoms with Crippen molar-refractivity contribution in [1.29, 1.82) is 0 Å². The molecular formula is C32H32N2O5. The standard InChI is InChI=1S/C32H32N2O5/c1-33(27(36)10-7-22-13-18-38-20-22)24-11-14-32(37)26-19-23-8-9-25(35)29-28(23)31(32,30(24)39-29)15-17-34(26)16-12-21-5-3-2-4-6-21/h2-11,13-14,18,20,24,26,30,35,37H,12,15-17,19H2,1H3/b10-7+/t24-,26+,30-,31-,32+/m0/s1. The quantitative estimate of drug-likeness (QED) is 0.378. The third-order valence-corrected chi connectivity index (χ3v) is 9.41. The Morgan fingerprint density at radius 1 is 1.21 bits per heavy atom. The number of aromatic hydroxyl groups is 1. The zero-order valence-corrected chi connectivity index (χ0v) is 21.9. The average Bonchev–Trinajstić information content (AvgIpc) is 3.59. The van der Waals surface area contributed by atoms with E-state index in [1.807, 2.05) is 24.3 Å². The van der Waals surface area contributed by atoms with Crippen LogP contribution in [0.3, 0.4) is 0 Å². The van der Waals surface area contributed by atoms with Crippen molar-refractivity contribution in [3.63, 3.8) is 0 Å². The molecule has 3 heterocycles. The molecule has 0 radical (unpaired) electrons. The number of phenolic OH excluding ortho intramolecular Hbond substituents is 1. The van der Waals surface area contributed by atoms with E-state index in [9.17, 15) is 15.0 Å². The summed E-state index contributed by atoms with van der Waals surface area (Å²) in [6, 6.07) is 15.3. The molecule has 3 aromatic rings. The number of phenols is 1. The molecule has 2 aromatic carbocycles. The Hall–Kier alpha value is -3.81. The van der Waals surface area contributed by atoms with Crippen LogP contribution in [-0.2, 0) is 23.1 Å². The lowest BCUT2D eigenvalue weighted by Gasteiger charge is -2.62. The molecule has 1 saturated heterocycles. The van der Waals surface area contributed by atoms with Gasteiger partial charge in [-0.1, -0.05) is 48.6 Å². The lowest BCUT2D eigenvalue weighted by molar-refractivity contribution is -0.154. The smallest absolute Gasteiger partial charge is 0.246 e. The first-order valence-electron chi connectivity index (χ1n) is 13.6. The van der Waals surface area contributed by atoms with Gasteiger partial charge >= 0.3 is 0 Å². The Balaban J connectivity index is 1.26. The van der Waals surface area contributed by atoms with E-state index in [0.717, 1.165) is 36.2 Å². The highest BCUT2D eigenvalue weighted by Crippen LogP contribution is 2.64. The van der Waals surface area contributed by atoms with E-state index in [4.69, 9.17) is 9.15 Å². The molecular weight excluding hydrogens is 492 g/mol. The van der Waals surface area contributed by atoms with E-state index in [-0.39, 0.29) is 17.7 Å². The minimum atomic E-state index is -1.19. The molecule has 2 bridgehead atoms. The lowest BCUT2D eigenvalue weighted by Crippen LogP contribution is -2.76. The summed E-state index contributed by atoms with van der Waals surface area (Å²) in [5, 5.41) is 23.5. The zero-order chi connectivity index (χ0) is 26.8. The number of piperidine rings is 1. The fourth-order valence-electron chi connectivity index (χ4n) is 7.49. The molecule has 1 amide bonds. The number of carbonyl (C=O) groups excluding carboxylic acids is 1. The molecule has 39 heavy (non-hydrogen) atoms. The maximum Gasteiger partial charge on any atom is 0.246 e. The van der Waals surface area contributed by atoms with Gasteiger partial charge in [-0.25, -0.2) is 0 Å². The molecule has 1 spiro atoms. The predicted molar refractivity (Wildman–Crippen MR) is 146 cm³/mol. The molecule has 0 unspecified atom stereocenters. The van der Waals surface area contributed by atoms with Gasteiger partial charge in [0.05, 0.1) is 24.0 Å². The minimum absolute atomic E-state index is 0.0809. The molecule has 2 N–H and O–H groups in total. The van der Waals surface area contributed by atoms with Crippen LogP contribution in [-0.4, -0.2) is 69.8 Å². The average molecular weight is 525 g/mol. The van der Waals surface area contributed by atoms with Gasteiger partial charge < -0.3 is 24.3 Å². The van der Waals surface area contributed by atoms with Gasteiger partial charge in [0.25, 0.3) is 0 Å². The number of benzene rings is 2. The highest BCUT2D eigenvalue weighted by Gasteiger charge is 2.72. The molecule has 2 aliphatic heterocycles. The van der Waals surface area contributed by atoms with Gasteiger partial charge in [-0.05, 0) is 55.1 Å². The fraction of sp³-hybridized carbons (Fsp3) is 0.344. The summed E-state index contributed by atoms with van der Waals surface area (Å²) in [6.07, 6.45) is 12.0. The second kappa shape index (κ2) is 8.86. The van der Waals surface area contributed by atoms with Gasteiger partial charge in [0.2, 0.25) is 5.91 Å². The molecule has 4 aliphatic rings. The highest BCUT2D eigenvalue weighted by molar-refractivity contribution is 5.92. The SMILES string of the molecule is CN(C(=O)/C=C/c1ccoc1)[C@H]1C=C[C@@]2(O)[C@H]3Cc4ccc(O)c5c4[C@@]2(CCN3CCc2ccccc2)[C@H]1O5. The number of rotatable bonds is 6. The maximum atomic E-state index is 13.3. The Morgan fingerprint density at radius 3 is 2.85 bits per heavy atom. The number of likely N-dealkylation sites (N-methyl/N-ethyl adjacent to an activating group) is 1. The lowest BCUT2D eigenvalue weighted by atomic mass is 9.50. The van der Waals surface area contributed by atoms with Crippen LogP contribution in [0.2, 0.25) is 0 Å². The second-order valence-corrected chi connectivity index (χ2v) is 11.2. The number of carbonyl (C=O) groups is 1. The molecule has 1 fully saturated rings. The number of nitrogens with zero attached hydrogens (tertiary/aromatic N) is 2. The molecule has 5 atom stereocenters. The Kier molecular flexibility index (Phi) is 5.51. The van der Waals surface area contributed by atoms with Crippen molar-refractivity contribution in [1.82, 2.24) is 9.80 Å². The predicted octanol–water partition coefficient (Wildman–Crippen LogP) is 3.70. The summed E-state index contributed by atoms with van der Waals surface area (Å²) in [7, 11) is 1.76.